The number of morpholine rings is 1. The zero-order chi connectivity index (χ0) is 22.7. The molecule has 1 N–H and O–H groups in total. The first-order chi connectivity index (χ1) is 15.5. The summed E-state index contributed by atoms with van der Waals surface area (Å²) in [6, 6.07) is 9.60. The van der Waals surface area contributed by atoms with Crippen LogP contribution in [0.4, 0.5) is 5.00 Å². The van der Waals surface area contributed by atoms with Gasteiger partial charge in [0.2, 0.25) is 0 Å². The van der Waals surface area contributed by atoms with Crippen LogP contribution in [0.3, 0.4) is 0 Å². The number of ether oxygens (including phenoxy) is 3. The van der Waals surface area contributed by atoms with Crippen molar-refractivity contribution in [2.75, 3.05) is 45.8 Å². The minimum Gasteiger partial charge on any atom is -0.497 e. The van der Waals surface area contributed by atoms with E-state index in [4.69, 9.17) is 14.2 Å². The second kappa shape index (κ2) is 10.0. The third-order valence-electron chi connectivity index (χ3n) is 5.82. The van der Waals surface area contributed by atoms with E-state index >= 15 is 0 Å². The van der Waals surface area contributed by atoms with E-state index in [2.05, 4.69) is 30.1 Å². The fourth-order valence-corrected chi connectivity index (χ4v) is 5.76. The highest BCUT2D eigenvalue weighted by Gasteiger charge is 2.32. The SMILES string of the molecule is COc1ccc(C(c2c(NC(=O)c3cccs3)sc(C)c2C)N2CCOCC2)c(OC)c1. The van der Waals surface area contributed by atoms with Gasteiger partial charge < -0.3 is 19.5 Å². The van der Waals surface area contributed by atoms with Crippen LogP contribution in [0.25, 0.3) is 0 Å². The Kier molecular flexibility index (Phi) is 7.15. The number of carbonyl (C=O) groups is 1. The van der Waals surface area contributed by atoms with Crippen molar-refractivity contribution < 1.29 is 19.0 Å². The number of aryl methyl sites for hydroxylation is 1. The van der Waals surface area contributed by atoms with Crippen molar-refractivity contribution in [2.45, 2.75) is 19.9 Å². The maximum absolute atomic E-state index is 12.9. The van der Waals surface area contributed by atoms with E-state index in [-0.39, 0.29) is 11.9 Å². The average molecular weight is 473 g/mol. The highest BCUT2D eigenvalue weighted by atomic mass is 32.1. The molecule has 8 heteroatoms. The molecule has 32 heavy (non-hydrogen) atoms. The summed E-state index contributed by atoms with van der Waals surface area (Å²) in [4.78, 5) is 17.2. The standard InChI is InChI=1S/C24H28N2O4S2/c1-15-16(2)32-24(25-23(27)20-6-5-13-31-20)21(15)22(26-9-11-30-12-10-26)18-8-7-17(28-3)14-19(18)29-4/h5-8,13-14,22H,9-12H2,1-4H3,(H,25,27). The summed E-state index contributed by atoms with van der Waals surface area (Å²) in [5.74, 6) is 1.43. The summed E-state index contributed by atoms with van der Waals surface area (Å²) >= 11 is 3.07. The molecule has 0 saturated carbocycles. The summed E-state index contributed by atoms with van der Waals surface area (Å²) in [6.07, 6.45) is 0. The van der Waals surface area contributed by atoms with Gasteiger partial charge >= 0.3 is 0 Å². The zero-order valence-corrected chi connectivity index (χ0v) is 20.4. The van der Waals surface area contributed by atoms with Gasteiger partial charge in [0.25, 0.3) is 5.91 Å². The molecule has 1 amide bonds. The second-order valence-electron chi connectivity index (χ2n) is 7.62. The smallest absolute Gasteiger partial charge is 0.266 e. The van der Waals surface area contributed by atoms with Crippen molar-refractivity contribution in [2.24, 2.45) is 0 Å². The quantitative estimate of drug-likeness (QED) is 0.517. The van der Waals surface area contributed by atoms with Gasteiger partial charge in [-0.05, 0) is 43.0 Å². The molecule has 4 rings (SSSR count). The van der Waals surface area contributed by atoms with Crippen LogP contribution < -0.4 is 14.8 Å². The van der Waals surface area contributed by atoms with Crippen LogP contribution in [-0.4, -0.2) is 51.3 Å². The number of thiophene rings is 2. The molecule has 1 aliphatic heterocycles. The van der Waals surface area contributed by atoms with Gasteiger partial charge in [-0.3, -0.25) is 9.69 Å². The van der Waals surface area contributed by atoms with Crippen molar-refractivity contribution in [1.29, 1.82) is 0 Å². The van der Waals surface area contributed by atoms with Crippen molar-refractivity contribution in [3.8, 4) is 11.5 Å². The van der Waals surface area contributed by atoms with Crippen LogP contribution >= 0.6 is 22.7 Å². The number of benzene rings is 1. The number of methoxy groups -OCH3 is 2. The van der Waals surface area contributed by atoms with E-state index in [1.165, 1.54) is 21.8 Å². The Morgan fingerprint density at radius 1 is 1.16 bits per heavy atom. The molecule has 1 fully saturated rings. The molecule has 1 aliphatic rings. The number of nitrogens with zero attached hydrogens (tertiary/aromatic N) is 1. The predicted molar refractivity (Wildman–Crippen MR) is 130 cm³/mol. The number of amides is 1. The molecule has 3 heterocycles. The first-order valence-electron chi connectivity index (χ1n) is 10.5. The molecular weight excluding hydrogens is 444 g/mol. The van der Waals surface area contributed by atoms with Crippen LogP contribution in [0.2, 0.25) is 0 Å². The van der Waals surface area contributed by atoms with E-state index < -0.39 is 0 Å². The van der Waals surface area contributed by atoms with Crippen LogP contribution in [-0.2, 0) is 4.74 Å². The molecule has 0 spiro atoms. The Morgan fingerprint density at radius 3 is 2.59 bits per heavy atom. The summed E-state index contributed by atoms with van der Waals surface area (Å²) in [7, 11) is 3.33. The molecule has 170 valence electrons. The Morgan fingerprint density at radius 2 is 1.94 bits per heavy atom. The summed E-state index contributed by atoms with van der Waals surface area (Å²) in [5, 5.41) is 5.99. The largest absolute Gasteiger partial charge is 0.497 e. The van der Waals surface area contributed by atoms with Crippen molar-refractivity contribution in [1.82, 2.24) is 4.90 Å². The fourth-order valence-electron chi connectivity index (χ4n) is 4.05. The molecule has 1 aromatic carbocycles. The van der Waals surface area contributed by atoms with Crippen LogP contribution in [0.1, 0.15) is 37.3 Å². The lowest BCUT2D eigenvalue weighted by Crippen LogP contribution is -2.40. The predicted octanol–water partition coefficient (Wildman–Crippen LogP) is 5.12. The molecule has 0 radical (unpaired) electrons. The maximum atomic E-state index is 12.9. The fraction of sp³-hybridized carbons (Fsp3) is 0.375. The Labute approximate surface area is 196 Å². The minimum absolute atomic E-state index is 0.0788. The van der Waals surface area contributed by atoms with E-state index in [1.54, 1.807) is 25.6 Å². The molecular formula is C24H28N2O4S2. The number of carbonyl (C=O) groups excluding carboxylic acids is 1. The Hall–Kier alpha value is -2.39. The monoisotopic (exact) mass is 472 g/mol. The highest BCUT2D eigenvalue weighted by molar-refractivity contribution is 7.17. The van der Waals surface area contributed by atoms with E-state index in [1.807, 2.05) is 29.6 Å². The topological polar surface area (TPSA) is 60.0 Å². The molecule has 1 saturated heterocycles. The summed E-state index contributed by atoms with van der Waals surface area (Å²) in [5.41, 5.74) is 3.34. The lowest BCUT2D eigenvalue weighted by molar-refractivity contribution is 0.0236. The minimum atomic E-state index is -0.0802. The van der Waals surface area contributed by atoms with Gasteiger partial charge in [-0.2, -0.15) is 0 Å². The summed E-state index contributed by atoms with van der Waals surface area (Å²) in [6.45, 7) is 7.18. The first-order valence-corrected chi connectivity index (χ1v) is 12.2. The Bertz CT molecular complexity index is 1070. The van der Waals surface area contributed by atoms with Gasteiger partial charge in [-0.1, -0.05) is 6.07 Å². The highest BCUT2D eigenvalue weighted by Crippen LogP contribution is 2.45. The van der Waals surface area contributed by atoms with Crippen LogP contribution in [0, 0.1) is 13.8 Å². The third kappa shape index (κ3) is 4.54. The van der Waals surface area contributed by atoms with Gasteiger partial charge in [0.15, 0.2) is 0 Å². The van der Waals surface area contributed by atoms with Crippen molar-refractivity contribution in [3.05, 3.63) is 62.2 Å². The average Bonchev–Trinajstić information content (AvgIpc) is 3.45. The number of rotatable bonds is 7. The second-order valence-corrected chi connectivity index (χ2v) is 9.79. The van der Waals surface area contributed by atoms with E-state index in [9.17, 15) is 4.79 Å². The maximum Gasteiger partial charge on any atom is 0.266 e. The lowest BCUT2D eigenvalue weighted by Gasteiger charge is -2.36. The number of hydrogen-bond acceptors (Lipinski definition) is 7. The number of nitrogens with one attached hydrogen (secondary N) is 1. The lowest BCUT2D eigenvalue weighted by atomic mass is 9.93. The molecule has 3 aromatic rings. The van der Waals surface area contributed by atoms with Gasteiger partial charge in [-0.15, -0.1) is 22.7 Å². The normalized spacial score (nSPS) is 15.4. The van der Waals surface area contributed by atoms with Crippen LogP contribution in [0.15, 0.2) is 35.7 Å². The summed E-state index contributed by atoms with van der Waals surface area (Å²) < 4.78 is 16.8. The molecule has 6 nitrogen and oxygen atoms in total. The third-order valence-corrected chi connectivity index (χ3v) is 7.83. The Balaban J connectivity index is 1.82. The van der Waals surface area contributed by atoms with Crippen molar-refractivity contribution >= 4 is 33.6 Å². The molecule has 2 aromatic heterocycles. The van der Waals surface area contributed by atoms with Gasteiger partial charge in [0, 0.05) is 35.2 Å². The van der Waals surface area contributed by atoms with Gasteiger partial charge in [-0.25, -0.2) is 0 Å². The molecule has 1 atom stereocenters. The zero-order valence-electron chi connectivity index (χ0n) is 18.8. The van der Waals surface area contributed by atoms with Gasteiger partial charge in [0.05, 0.1) is 38.4 Å². The molecule has 0 aliphatic carbocycles. The number of hydrogen-bond donors (Lipinski definition) is 1. The van der Waals surface area contributed by atoms with E-state index in [0.29, 0.717) is 18.1 Å². The van der Waals surface area contributed by atoms with E-state index in [0.717, 1.165) is 40.7 Å². The number of anilines is 1. The first kappa shape index (κ1) is 22.8. The van der Waals surface area contributed by atoms with Crippen LogP contribution in [0.5, 0.6) is 11.5 Å². The van der Waals surface area contributed by atoms with Crippen molar-refractivity contribution in [3.63, 3.8) is 0 Å². The van der Waals surface area contributed by atoms with Gasteiger partial charge in [0.1, 0.15) is 16.5 Å². The molecule has 1 unspecified atom stereocenters. The molecule has 0 bridgehead atoms.